The Kier molecular flexibility index (Phi) is 3.71. The molecular formula is C14H14N4O2. The molecule has 0 saturated heterocycles. The van der Waals surface area contributed by atoms with Gasteiger partial charge in [-0.25, -0.2) is 0 Å². The quantitative estimate of drug-likeness (QED) is 0.683. The molecule has 1 N–H and O–H groups in total. The Bertz CT molecular complexity index is 698. The van der Waals surface area contributed by atoms with Crippen molar-refractivity contribution in [3.63, 3.8) is 0 Å². The van der Waals surface area contributed by atoms with Gasteiger partial charge >= 0.3 is 0 Å². The van der Waals surface area contributed by atoms with Gasteiger partial charge in [-0.1, -0.05) is 6.07 Å². The van der Waals surface area contributed by atoms with Crippen molar-refractivity contribution in [3.05, 3.63) is 57.4 Å². The van der Waals surface area contributed by atoms with Crippen LogP contribution in [0.3, 0.4) is 0 Å². The molecule has 0 amide bonds. The third-order valence-electron chi connectivity index (χ3n) is 3.01. The number of hydrogen-bond acceptors (Lipinski definition) is 4. The van der Waals surface area contributed by atoms with Crippen molar-refractivity contribution < 1.29 is 4.92 Å². The van der Waals surface area contributed by atoms with Crippen LogP contribution in [0.5, 0.6) is 0 Å². The zero-order valence-electron chi connectivity index (χ0n) is 11.3. The van der Waals surface area contributed by atoms with Gasteiger partial charge in [-0.05, 0) is 30.2 Å². The van der Waals surface area contributed by atoms with Crippen LogP contribution in [0, 0.1) is 28.4 Å². The van der Waals surface area contributed by atoms with E-state index in [9.17, 15) is 10.1 Å². The van der Waals surface area contributed by atoms with Crippen LogP contribution < -0.4 is 5.32 Å². The number of nitro groups is 1. The molecule has 0 atom stereocenters. The van der Waals surface area contributed by atoms with E-state index in [0.717, 1.165) is 11.1 Å². The number of nitrogens with zero attached hydrogens (tertiary/aromatic N) is 3. The Morgan fingerprint density at radius 1 is 1.45 bits per heavy atom. The zero-order chi connectivity index (χ0) is 14.7. The Morgan fingerprint density at radius 2 is 2.20 bits per heavy atom. The molecule has 0 radical (unpaired) electrons. The minimum Gasteiger partial charge on any atom is -0.375 e. The summed E-state index contributed by atoms with van der Waals surface area (Å²) >= 11 is 0. The second-order valence-corrected chi connectivity index (χ2v) is 4.59. The smallest absolute Gasteiger partial charge is 0.292 e. The highest BCUT2D eigenvalue weighted by Crippen LogP contribution is 2.25. The summed E-state index contributed by atoms with van der Waals surface area (Å²) < 4.78 is 1.72. The number of nitriles is 1. The molecule has 0 aliphatic carbocycles. The monoisotopic (exact) mass is 270 g/mol. The second-order valence-electron chi connectivity index (χ2n) is 4.59. The highest BCUT2D eigenvalue weighted by Gasteiger charge is 2.13. The van der Waals surface area contributed by atoms with E-state index in [2.05, 4.69) is 11.4 Å². The molecule has 6 heteroatoms. The molecule has 0 aliphatic heterocycles. The number of nitrogens with one attached hydrogen (secondary N) is 1. The third kappa shape index (κ3) is 2.78. The van der Waals surface area contributed by atoms with Gasteiger partial charge in [-0.15, -0.1) is 0 Å². The third-order valence-corrected chi connectivity index (χ3v) is 3.01. The van der Waals surface area contributed by atoms with Crippen LogP contribution in [0.15, 0.2) is 30.5 Å². The first kappa shape index (κ1) is 13.6. The van der Waals surface area contributed by atoms with Crippen LogP contribution in [0.25, 0.3) is 0 Å². The molecule has 1 heterocycles. The molecule has 0 spiro atoms. The SMILES string of the molecule is Cc1ccc([N+](=O)[O-])c(NCc2cc(C#N)n(C)c2)c1. The van der Waals surface area contributed by atoms with E-state index in [0.29, 0.717) is 17.9 Å². The molecule has 2 rings (SSSR count). The fraction of sp³-hybridized carbons (Fsp3) is 0.214. The van der Waals surface area contributed by atoms with Crippen LogP contribution in [0.1, 0.15) is 16.8 Å². The molecule has 20 heavy (non-hydrogen) atoms. The lowest BCUT2D eigenvalue weighted by Crippen LogP contribution is -2.02. The van der Waals surface area contributed by atoms with E-state index in [-0.39, 0.29) is 5.69 Å². The second kappa shape index (κ2) is 5.45. The van der Waals surface area contributed by atoms with Crippen LogP contribution in [0.4, 0.5) is 11.4 Å². The lowest BCUT2D eigenvalue weighted by molar-refractivity contribution is -0.384. The molecular weight excluding hydrogens is 256 g/mol. The summed E-state index contributed by atoms with van der Waals surface area (Å²) in [7, 11) is 1.79. The molecule has 0 unspecified atom stereocenters. The Morgan fingerprint density at radius 3 is 2.80 bits per heavy atom. The number of anilines is 1. The number of rotatable bonds is 4. The van der Waals surface area contributed by atoms with Gasteiger partial charge < -0.3 is 9.88 Å². The van der Waals surface area contributed by atoms with Crippen molar-refractivity contribution in [1.29, 1.82) is 5.26 Å². The molecule has 0 bridgehead atoms. The van der Waals surface area contributed by atoms with Gasteiger partial charge in [0.2, 0.25) is 0 Å². The zero-order valence-corrected chi connectivity index (χ0v) is 11.3. The summed E-state index contributed by atoms with van der Waals surface area (Å²) in [5.74, 6) is 0. The highest BCUT2D eigenvalue weighted by atomic mass is 16.6. The van der Waals surface area contributed by atoms with Crippen molar-refractivity contribution >= 4 is 11.4 Å². The number of aromatic nitrogens is 1. The van der Waals surface area contributed by atoms with E-state index in [1.807, 2.05) is 13.1 Å². The summed E-state index contributed by atoms with van der Waals surface area (Å²) in [4.78, 5) is 10.6. The van der Waals surface area contributed by atoms with Crippen LogP contribution in [-0.4, -0.2) is 9.49 Å². The van der Waals surface area contributed by atoms with E-state index >= 15 is 0 Å². The molecule has 0 fully saturated rings. The van der Waals surface area contributed by atoms with Crippen molar-refractivity contribution in [2.45, 2.75) is 13.5 Å². The van der Waals surface area contributed by atoms with Gasteiger partial charge in [-0.3, -0.25) is 10.1 Å². The number of benzene rings is 1. The Hall–Kier alpha value is -2.81. The summed E-state index contributed by atoms with van der Waals surface area (Å²) in [5, 5.41) is 22.9. The lowest BCUT2D eigenvalue weighted by atomic mass is 10.2. The van der Waals surface area contributed by atoms with E-state index in [1.165, 1.54) is 6.07 Å². The standard InChI is InChI=1S/C14H14N4O2/c1-10-3-4-14(18(19)20)13(5-10)16-8-11-6-12(7-15)17(2)9-11/h3-6,9,16H,8H2,1-2H3. The maximum absolute atomic E-state index is 11.0. The molecule has 1 aromatic carbocycles. The Labute approximate surface area is 116 Å². The largest absolute Gasteiger partial charge is 0.375 e. The first-order chi connectivity index (χ1) is 9.51. The van der Waals surface area contributed by atoms with Gasteiger partial charge in [0.25, 0.3) is 5.69 Å². The molecule has 102 valence electrons. The number of aryl methyl sites for hydroxylation is 2. The van der Waals surface area contributed by atoms with Crippen LogP contribution in [0.2, 0.25) is 0 Å². The van der Waals surface area contributed by atoms with Crippen molar-refractivity contribution in [2.75, 3.05) is 5.32 Å². The lowest BCUT2D eigenvalue weighted by Gasteiger charge is -2.06. The molecule has 0 saturated carbocycles. The molecule has 2 aromatic rings. The molecule has 1 aromatic heterocycles. The summed E-state index contributed by atoms with van der Waals surface area (Å²) in [5.41, 5.74) is 2.94. The van der Waals surface area contributed by atoms with E-state index < -0.39 is 4.92 Å². The van der Waals surface area contributed by atoms with Crippen LogP contribution in [-0.2, 0) is 13.6 Å². The van der Waals surface area contributed by atoms with Gasteiger partial charge in [0.1, 0.15) is 17.5 Å². The minimum atomic E-state index is -0.409. The average Bonchev–Trinajstić information content (AvgIpc) is 2.76. The highest BCUT2D eigenvalue weighted by molar-refractivity contribution is 5.62. The first-order valence-corrected chi connectivity index (χ1v) is 6.05. The van der Waals surface area contributed by atoms with Gasteiger partial charge in [0.15, 0.2) is 0 Å². The first-order valence-electron chi connectivity index (χ1n) is 6.05. The minimum absolute atomic E-state index is 0.0482. The molecule has 0 aliphatic rings. The van der Waals surface area contributed by atoms with Crippen molar-refractivity contribution in [1.82, 2.24) is 4.57 Å². The maximum atomic E-state index is 11.0. The summed E-state index contributed by atoms with van der Waals surface area (Å²) in [6, 6.07) is 8.78. The van der Waals surface area contributed by atoms with E-state index in [4.69, 9.17) is 5.26 Å². The van der Waals surface area contributed by atoms with E-state index in [1.54, 1.807) is 29.8 Å². The number of hydrogen-bond donors (Lipinski definition) is 1. The fourth-order valence-corrected chi connectivity index (χ4v) is 1.99. The van der Waals surface area contributed by atoms with Crippen molar-refractivity contribution in [2.24, 2.45) is 7.05 Å². The van der Waals surface area contributed by atoms with Crippen LogP contribution >= 0.6 is 0 Å². The van der Waals surface area contributed by atoms with Crippen molar-refractivity contribution in [3.8, 4) is 6.07 Å². The van der Waals surface area contributed by atoms with Gasteiger partial charge in [-0.2, -0.15) is 5.26 Å². The summed E-state index contributed by atoms with van der Waals surface area (Å²) in [6.07, 6.45) is 1.83. The summed E-state index contributed by atoms with van der Waals surface area (Å²) in [6.45, 7) is 2.31. The van der Waals surface area contributed by atoms with Gasteiger partial charge in [0, 0.05) is 25.9 Å². The average molecular weight is 270 g/mol. The normalized spacial score (nSPS) is 10.1. The molecule has 6 nitrogen and oxygen atoms in total. The predicted molar refractivity (Wildman–Crippen MR) is 75.3 cm³/mol. The van der Waals surface area contributed by atoms with Gasteiger partial charge in [0.05, 0.1) is 4.92 Å². The topological polar surface area (TPSA) is 83.9 Å². The Balaban J connectivity index is 2.20. The number of nitro benzene ring substituents is 1. The predicted octanol–water partition coefficient (Wildman–Crippen LogP) is 2.73. The fourth-order valence-electron chi connectivity index (χ4n) is 1.99. The maximum Gasteiger partial charge on any atom is 0.292 e.